The number of nitriles is 1. The number of thiophene rings is 1. The number of hydrogen-bond acceptors (Lipinski definition) is 4. The number of aromatic nitrogens is 3. The normalized spacial score (nSPS) is 12.2. The van der Waals surface area contributed by atoms with Crippen LogP contribution in [-0.4, -0.2) is 14.5 Å². The van der Waals surface area contributed by atoms with Gasteiger partial charge in [0.2, 0.25) is 5.69 Å². The molecule has 0 aliphatic rings. The number of nitrogens with zero attached hydrogens (tertiary/aromatic N) is 5. The summed E-state index contributed by atoms with van der Waals surface area (Å²) in [5.41, 5.74) is 9.04. The van der Waals surface area contributed by atoms with Crippen molar-refractivity contribution in [2.45, 2.75) is 52.4 Å². The third kappa shape index (κ3) is 5.04. The highest BCUT2D eigenvalue weighted by atomic mass is 32.1. The molecular weight excluding hydrogens is 631 g/mol. The highest BCUT2D eigenvalue weighted by Gasteiger charge is 2.25. The van der Waals surface area contributed by atoms with E-state index >= 15 is 0 Å². The van der Waals surface area contributed by atoms with Crippen LogP contribution >= 0.6 is 11.3 Å². The monoisotopic (exact) mass is 665 g/mol. The third-order valence-electron chi connectivity index (χ3n) is 9.60. The Labute approximate surface area is 295 Å². The van der Waals surface area contributed by atoms with E-state index in [0.29, 0.717) is 34.0 Å². The molecule has 0 aliphatic heterocycles. The van der Waals surface area contributed by atoms with Crippen molar-refractivity contribution in [1.29, 1.82) is 5.26 Å². The molecule has 0 fully saturated rings. The van der Waals surface area contributed by atoms with Crippen molar-refractivity contribution < 1.29 is 0 Å². The van der Waals surface area contributed by atoms with Crippen LogP contribution in [0.3, 0.4) is 0 Å². The molecule has 8 rings (SSSR count). The molecule has 0 aliphatic carbocycles. The fourth-order valence-corrected chi connectivity index (χ4v) is 7.99. The molecule has 50 heavy (non-hydrogen) atoms. The van der Waals surface area contributed by atoms with Crippen molar-refractivity contribution in [1.82, 2.24) is 14.5 Å². The number of hydrogen-bond donors (Lipinski definition) is 0. The Morgan fingerprint density at radius 3 is 1.94 bits per heavy atom. The summed E-state index contributed by atoms with van der Waals surface area (Å²) in [4.78, 5) is 14.3. The van der Waals surface area contributed by atoms with E-state index in [4.69, 9.17) is 16.5 Å². The lowest BCUT2D eigenvalue weighted by Crippen LogP contribution is -2.10. The molecule has 0 atom stereocenters. The van der Waals surface area contributed by atoms with Crippen molar-refractivity contribution >= 4 is 59.1 Å². The molecule has 0 amide bonds. The van der Waals surface area contributed by atoms with Crippen LogP contribution in [0.5, 0.6) is 0 Å². The minimum Gasteiger partial charge on any atom is -0.319 e. The van der Waals surface area contributed by atoms with Crippen molar-refractivity contribution in [3.8, 4) is 34.4 Å². The van der Waals surface area contributed by atoms with Gasteiger partial charge in [0.25, 0.3) is 0 Å². The molecule has 3 aromatic heterocycles. The van der Waals surface area contributed by atoms with Gasteiger partial charge < -0.3 is 4.57 Å². The molecule has 0 saturated heterocycles. The maximum atomic E-state index is 10.8. The third-order valence-corrected chi connectivity index (χ3v) is 10.8. The maximum absolute atomic E-state index is 10.8. The van der Waals surface area contributed by atoms with Gasteiger partial charge in [-0.05, 0) is 64.4 Å². The summed E-state index contributed by atoms with van der Waals surface area (Å²) in [5, 5.41) is 14.1. The Bertz CT molecular complexity index is 2670. The van der Waals surface area contributed by atoms with Crippen molar-refractivity contribution in [2.24, 2.45) is 0 Å². The molecule has 5 nitrogen and oxygen atoms in total. The second-order valence-corrected chi connectivity index (χ2v) is 16.0. The number of rotatable bonds is 3. The summed E-state index contributed by atoms with van der Waals surface area (Å²) in [6.07, 6.45) is 0. The topological polar surface area (TPSA) is 58.9 Å². The Hall–Kier alpha value is -5.82. The lowest BCUT2D eigenvalue weighted by molar-refractivity contribution is 0.590. The molecule has 0 radical (unpaired) electrons. The molecular formula is C44H35N5S. The first-order valence-electron chi connectivity index (χ1n) is 16.8. The molecule has 0 unspecified atom stereocenters. The van der Waals surface area contributed by atoms with Crippen molar-refractivity contribution in [3.05, 3.63) is 131 Å². The fourth-order valence-electron chi connectivity index (χ4n) is 6.84. The smallest absolute Gasteiger partial charge is 0.211 e. The highest BCUT2D eigenvalue weighted by Crippen LogP contribution is 2.44. The van der Waals surface area contributed by atoms with E-state index in [1.54, 1.807) is 11.3 Å². The van der Waals surface area contributed by atoms with Gasteiger partial charge in [-0.3, -0.25) is 0 Å². The lowest BCUT2D eigenvalue weighted by Gasteiger charge is -2.19. The zero-order chi connectivity index (χ0) is 34.9. The highest BCUT2D eigenvalue weighted by molar-refractivity contribution is 7.26. The van der Waals surface area contributed by atoms with Crippen LogP contribution in [0.4, 0.5) is 5.69 Å². The van der Waals surface area contributed by atoms with Gasteiger partial charge in [-0.15, -0.1) is 11.3 Å². The molecule has 0 bridgehead atoms. The van der Waals surface area contributed by atoms with Crippen LogP contribution < -0.4 is 0 Å². The van der Waals surface area contributed by atoms with Crippen LogP contribution in [0.1, 0.15) is 58.2 Å². The standard InChI is InChI=1S/C44H35N5S/c1-43(2,3)28-17-19-35-32(22-28)33-23-29(44(4,5)6)18-20-36(33)49(35)37-21-27(25-45)31(24-34(37)46-7)40-41-39(30-15-11-12-16-38(30)50-41)47-42(48-40)26-13-9-8-10-14-26/h8-24H,1-6H3. The van der Waals surface area contributed by atoms with Crippen LogP contribution in [0.25, 0.3) is 75.3 Å². The van der Waals surface area contributed by atoms with Gasteiger partial charge in [-0.25, -0.2) is 14.8 Å². The van der Waals surface area contributed by atoms with E-state index in [-0.39, 0.29) is 10.8 Å². The SMILES string of the molecule is [C-]#[N+]c1cc(-c2nc(-c3ccccc3)nc3c2sc2ccccc23)c(C#N)cc1-n1c2ccc(C(C)(C)C)cc2c2cc(C(C)(C)C)ccc21. The summed E-state index contributed by atoms with van der Waals surface area (Å²) in [6, 6.07) is 37.6. The van der Waals surface area contributed by atoms with Gasteiger partial charge in [0.05, 0.1) is 50.8 Å². The Balaban J connectivity index is 1.43. The number of fused-ring (bicyclic) bond motifs is 6. The second-order valence-electron chi connectivity index (χ2n) is 14.9. The van der Waals surface area contributed by atoms with Gasteiger partial charge in [-0.1, -0.05) is 102 Å². The largest absolute Gasteiger partial charge is 0.319 e. The van der Waals surface area contributed by atoms with Crippen molar-refractivity contribution in [2.75, 3.05) is 0 Å². The van der Waals surface area contributed by atoms with Gasteiger partial charge in [0.15, 0.2) is 5.82 Å². The Kier molecular flexibility index (Phi) is 7.15. The van der Waals surface area contributed by atoms with Gasteiger partial charge in [0.1, 0.15) is 0 Å². The van der Waals surface area contributed by atoms with Crippen LogP contribution in [-0.2, 0) is 10.8 Å². The molecule has 0 N–H and O–H groups in total. The zero-order valence-corrected chi connectivity index (χ0v) is 29.8. The first kappa shape index (κ1) is 31.4. The maximum Gasteiger partial charge on any atom is 0.211 e. The minimum absolute atomic E-state index is 0.0321. The average Bonchev–Trinajstić information content (AvgIpc) is 3.65. The predicted octanol–water partition coefficient (Wildman–Crippen LogP) is 12.3. The van der Waals surface area contributed by atoms with Gasteiger partial charge >= 0.3 is 0 Å². The molecule has 6 heteroatoms. The van der Waals surface area contributed by atoms with E-state index in [1.165, 1.54) is 11.1 Å². The van der Waals surface area contributed by atoms with E-state index in [0.717, 1.165) is 47.7 Å². The zero-order valence-electron chi connectivity index (χ0n) is 29.0. The minimum atomic E-state index is -0.0321. The average molecular weight is 666 g/mol. The molecule has 242 valence electrons. The molecule has 3 heterocycles. The lowest BCUT2D eigenvalue weighted by atomic mass is 9.85. The second kappa shape index (κ2) is 11.4. The molecule has 5 aromatic carbocycles. The summed E-state index contributed by atoms with van der Waals surface area (Å²) < 4.78 is 4.15. The quantitative estimate of drug-likeness (QED) is 0.176. The Morgan fingerprint density at radius 2 is 1.34 bits per heavy atom. The van der Waals surface area contributed by atoms with E-state index in [1.807, 2.05) is 54.6 Å². The summed E-state index contributed by atoms with van der Waals surface area (Å²) in [6.45, 7) is 21.8. The predicted molar refractivity (Wildman–Crippen MR) is 209 cm³/mol. The van der Waals surface area contributed by atoms with Crippen LogP contribution in [0.2, 0.25) is 0 Å². The van der Waals surface area contributed by atoms with Gasteiger partial charge in [0, 0.05) is 32.0 Å². The molecule has 0 spiro atoms. The van der Waals surface area contributed by atoms with E-state index < -0.39 is 0 Å². The fraction of sp³-hybridized carbons (Fsp3) is 0.182. The first-order chi connectivity index (χ1) is 24.0. The van der Waals surface area contributed by atoms with Crippen molar-refractivity contribution in [3.63, 3.8) is 0 Å². The van der Waals surface area contributed by atoms with Gasteiger partial charge in [-0.2, -0.15) is 5.26 Å². The first-order valence-corrected chi connectivity index (χ1v) is 17.6. The Morgan fingerprint density at radius 1 is 0.720 bits per heavy atom. The number of benzene rings is 5. The summed E-state index contributed by atoms with van der Waals surface area (Å²) in [5.74, 6) is 0.584. The molecule has 8 aromatic rings. The van der Waals surface area contributed by atoms with E-state index in [9.17, 15) is 5.26 Å². The van der Waals surface area contributed by atoms with Crippen LogP contribution in [0, 0.1) is 17.9 Å². The summed E-state index contributed by atoms with van der Waals surface area (Å²) >= 11 is 1.61. The van der Waals surface area contributed by atoms with Crippen LogP contribution in [0.15, 0.2) is 103 Å². The summed E-state index contributed by atoms with van der Waals surface area (Å²) in [7, 11) is 0. The molecule has 0 saturated carbocycles. The van der Waals surface area contributed by atoms with E-state index in [2.05, 4.69) is 106 Å².